The molecule has 0 saturated carbocycles. The summed E-state index contributed by atoms with van der Waals surface area (Å²) in [5.41, 5.74) is 1.14. The quantitative estimate of drug-likeness (QED) is 0.907. The summed E-state index contributed by atoms with van der Waals surface area (Å²) < 4.78 is 47.5. The molecule has 6 heteroatoms. The van der Waals surface area contributed by atoms with Gasteiger partial charge in [0.1, 0.15) is 0 Å². The van der Waals surface area contributed by atoms with Crippen LogP contribution in [0.3, 0.4) is 0 Å². The first kappa shape index (κ1) is 13.9. The van der Waals surface area contributed by atoms with E-state index in [0.717, 1.165) is 11.8 Å². The van der Waals surface area contributed by atoms with E-state index in [9.17, 15) is 17.2 Å². The topological polar surface area (TPSA) is 46.2 Å². The Labute approximate surface area is 99.8 Å². The van der Waals surface area contributed by atoms with Crippen LogP contribution in [-0.2, 0) is 9.84 Å². The number of halogens is 2. The van der Waals surface area contributed by atoms with Crippen LogP contribution < -0.4 is 5.32 Å². The van der Waals surface area contributed by atoms with Crippen LogP contribution in [0.25, 0.3) is 0 Å². The molecule has 96 valence electrons. The molecule has 17 heavy (non-hydrogen) atoms. The molecule has 1 N–H and O–H groups in total. The number of sulfone groups is 1. The number of rotatable bonds is 4. The average Bonchev–Trinajstić information content (AvgIpc) is 2.19. The Hall–Kier alpha value is -1.17. The highest BCUT2D eigenvalue weighted by Gasteiger charge is 2.16. The summed E-state index contributed by atoms with van der Waals surface area (Å²) in [6, 6.07) is 3.41. The molecule has 3 nitrogen and oxygen atoms in total. The van der Waals surface area contributed by atoms with Crippen LogP contribution in [0.5, 0.6) is 0 Å². The number of hydrogen-bond acceptors (Lipinski definition) is 3. The van der Waals surface area contributed by atoms with Gasteiger partial charge in [0, 0.05) is 11.9 Å². The molecular weight excluding hydrogens is 248 g/mol. The van der Waals surface area contributed by atoms with E-state index in [1.807, 2.05) is 0 Å². The standard InChI is InChI=1S/C11H15F2NO2S/c1-7-4-5-9(17(3,15)16)6-10(7)14-8(2)11(12)13/h4-6,8,11,14H,1-3H3. The van der Waals surface area contributed by atoms with E-state index in [2.05, 4.69) is 5.32 Å². The SMILES string of the molecule is Cc1ccc(S(C)(=O)=O)cc1NC(C)C(F)F. The second-order valence-electron chi connectivity index (χ2n) is 4.02. The Balaban J connectivity index is 3.08. The smallest absolute Gasteiger partial charge is 0.258 e. The van der Waals surface area contributed by atoms with E-state index >= 15 is 0 Å². The van der Waals surface area contributed by atoms with Crippen molar-refractivity contribution >= 4 is 15.5 Å². The first-order valence-corrected chi connectivity index (χ1v) is 6.96. The van der Waals surface area contributed by atoms with Crippen LogP contribution in [0.15, 0.2) is 23.1 Å². The summed E-state index contributed by atoms with van der Waals surface area (Å²) >= 11 is 0. The summed E-state index contributed by atoms with van der Waals surface area (Å²) in [6.07, 6.45) is -1.42. The number of anilines is 1. The van der Waals surface area contributed by atoms with E-state index in [1.165, 1.54) is 19.1 Å². The predicted octanol–water partition coefficient (Wildman–Crippen LogP) is 2.46. The molecule has 0 fully saturated rings. The zero-order valence-electron chi connectivity index (χ0n) is 9.87. The Morgan fingerprint density at radius 3 is 2.35 bits per heavy atom. The van der Waals surface area contributed by atoms with Gasteiger partial charge in [0.25, 0.3) is 6.43 Å². The number of aryl methyl sites for hydroxylation is 1. The third-order valence-electron chi connectivity index (χ3n) is 2.40. The van der Waals surface area contributed by atoms with Crippen LogP contribution in [0, 0.1) is 6.92 Å². The van der Waals surface area contributed by atoms with E-state index in [-0.39, 0.29) is 4.90 Å². The van der Waals surface area contributed by atoms with E-state index in [0.29, 0.717) is 5.69 Å². The molecule has 1 aromatic carbocycles. The fourth-order valence-corrected chi connectivity index (χ4v) is 1.94. The lowest BCUT2D eigenvalue weighted by molar-refractivity contribution is 0.130. The molecule has 0 aliphatic rings. The maximum atomic E-state index is 12.4. The van der Waals surface area contributed by atoms with E-state index in [4.69, 9.17) is 0 Å². The maximum absolute atomic E-state index is 12.4. The first-order valence-electron chi connectivity index (χ1n) is 5.07. The molecular formula is C11H15F2NO2S. The van der Waals surface area contributed by atoms with Gasteiger partial charge in [-0.25, -0.2) is 17.2 Å². The molecule has 0 spiro atoms. The van der Waals surface area contributed by atoms with Gasteiger partial charge in [-0.15, -0.1) is 0 Å². The highest BCUT2D eigenvalue weighted by molar-refractivity contribution is 7.90. The van der Waals surface area contributed by atoms with Crippen LogP contribution in [-0.4, -0.2) is 27.1 Å². The van der Waals surface area contributed by atoms with Gasteiger partial charge in [0.2, 0.25) is 0 Å². The highest BCUT2D eigenvalue weighted by atomic mass is 32.2. The normalized spacial score (nSPS) is 13.8. The molecule has 1 rings (SSSR count). The van der Waals surface area contributed by atoms with Gasteiger partial charge in [-0.2, -0.15) is 0 Å². The number of benzene rings is 1. The average molecular weight is 263 g/mol. The lowest BCUT2D eigenvalue weighted by Gasteiger charge is -2.16. The lowest BCUT2D eigenvalue weighted by atomic mass is 10.2. The predicted molar refractivity (Wildman–Crippen MR) is 63.4 cm³/mol. The molecule has 0 bridgehead atoms. The van der Waals surface area contributed by atoms with Crippen molar-refractivity contribution in [2.75, 3.05) is 11.6 Å². The van der Waals surface area contributed by atoms with Crippen LogP contribution >= 0.6 is 0 Å². The minimum Gasteiger partial charge on any atom is -0.377 e. The van der Waals surface area contributed by atoms with Crippen LogP contribution in [0.4, 0.5) is 14.5 Å². The van der Waals surface area contributed by atoms with Gasteiger partial charge in [0.15, 0.2) is 9.84 Å². The molecule has 1 aromatic rings. The van der Waals surface area contributed by atoms with Gasteiger partial charge < -0.3 is 5.32 Å². The van der Waals surface area contributed by atoms with Crippen molar-refractivity contribution in [1.29, 1.82) is 0 Å². The Morgan fingerprint density at radius 1 is 1.29 bits per heavy atom. The number of nitrogens with one attached hydrogen (secondary N) is 1. The van der Waals surface area contributed by atoms with Crippen molar-refractivity contribution in [1.82, 2.24) is 0 Å². The number of alkyl halides is 2. The van der Waals surface area contributed by atoms with E-state index in [1.54, 1.807) is 13.0 Å². The molecule has 0 amide bonds. The van der Waals surface area contributed by atoms with Gasteiger partial charge >= 0.3 is 0 Å². The van der Waals surface area contributed by atoms with Crippen molar-refractivity contribution in [2.24, 2.45) is 0 Å². The van der Waals surface area contributed by atoms with Crippen molar-refractivity contribution in [3.63, 3.8) is 0 Å². The van der Waals surface area contributed by atoms with Gasteiger partial charge in [-0.3, -0.25) is 0 Å². The monoisotopic (exact) mass is 263 g/mol. The summed E-state index contributed by atoms with van der Waals surface area (Å²) in [7, 11) is -3.33. The minimum atomic E-state index is -3.33. The molecule has 0 aliphatic heterocycles. The van der Waals surface area contributed by atoms with Crippen molar-refractivity contribution in [2.45, 2.75) is 31.2 Å². The molecule has 0 radical (unpaired) electrons. The third-order valence-corrected chi connectivity index (χ3v) is 3.51. The Morgan fingerprint density at radius 2 is 1.88 bits per heavy atom. The molecule has 0 heterocycles. The largest absolute Gasteiger partial charge is 0.377 e. The zero-order valence-corrected chi connectivity index (χ0v) is 10.7. The molecule has 1 atom stereocenters. The summed E-state index contributed by atoms with van der Waals surface area (Å²) in [5.74, 6) is 0. The Kier molecular flexibility index (Phi) is 4.08. The van der Waals surface area contributed by atoms with Gasteiger partial charge in [-0.1, -0.05) is 6.07 Å². The maximum Gasteiger partial charge on any atom is 0.258 e. The van der Waals surface area contributed by atoms with Crippen molar-refractivity contribution in [3.05, 3.63) is 23.8 Å². The fourth-order valence-electron chi connectivity index (χ4n) is 1.30. The molecule has 0 aromatic heterocycles. The Bertz CT molecular complexity index is 500. The zero-order chi connectivity index (χ0) is 13.2. The van der Waals surface area contributed by atoms with Gasteiger partial charge in [-0.05, 0) is 31.5 Å². The molecule has 0 aliphatic carbocycles. The summed E-state index contributed by atoms with van der Waals surface area (Å²) in [4.78, 5) is 0.118. The second-order valence-corrected chi connectivity index (χ2v) is 6.03. The van der Waals surface area contributed by atoms with Crippen LogP contribution in [0.2, 0.25) is 0 Å². The fraction of sp³-hybridized carbons (Fsp3) is 0.455. The lowest BCUT2D eigenvalue weighted by Crippen LogP contribution is -2.24. The van der Waals surface area contributed by atoms with Crippen LogP contribution in [0.1, 0.15) is 12.5 Å². The minimum absolute atomic E-state index is 0.118. The van der Waals surface area contributed by atoms with E-state index < -0.39 is 22.3 Å². The molecule has 0 saturated heterocycles. The summed E-state index contributed by atoms with van der Waals surface area (Å²) in [5, 5.41) is 2.61. The van der Waals surface area contributed by atoms with Crippen molar-refractivity contribution < 1.29 is 17.2 Å². The summed E-state index contributed by atoms with van der Waals surface area (Å²) in [6.45, 7) is 3.07. The third kappa shape index (κ3) is 3.66. The van der Waals surface area contributed by atoms with Gasteiger partial charge in [0.05, 0.1) is 10.9 Å². The molecule has 1 unspecified atom stereocenters. The van der Waals surface area contributed by atoms with Crippen molar-refractivity contribution in [3.8, 4) is 0 Å². The highest BCUT2D eigenvalue weighted by Crippen LogP contribution is 2.21. The second kappa shape index (κ2) is 5.00. The number of hydrogen-bond donors (Lipinski definition) is 1. The first-order chi connectivity index (χ1) is 7.71.